The van der Waals surface area contributed by atoms with Crippen molar-refractivity contribution < 1.29 is 4.79 Å². The number of nitrogens with zero attached hydrogens (tertiary/aromatic N) is 3. The second kappa shape index (κ2) is 14.2. The van der Waals surface area contributed by atoms with Gasteiger partial charge in [-0.1, -0.05) is 88.5 Å². The summed E-state index contributed by atoms with van der Waals surface area (Å²) in [5.41, 5.74) is 11.5. The first-order chi connectivity index (χ1) is 18.2. The van der Waals surface area contributed by atoms with E-state index in [-0.39, 0.29) is 5.91 Å². The van der Waals surface area contributed by atoms with E-state index in [0.29, 0.717) is 29.1 Å². The van der Waals surface area contributed by atoms with Crippen LogP contribution in [-0.4, -0.2) is 27.0 Å². The number of rotatable bonds is 15. The van der Waals surface area contributed by atoms with Crippen molar-refractivity contribution in [2.24, 2.45) is 0 Å². The molecule has 0 saturated heterocycles. The van der Waals surface area contributed by atoms with Crippen molar-refractivity contribution in [3.05, 3.63) is 41.5 Å². The van der Waals surface area contributed by atoms with Gasteiger partial charge in [0.2, 0.25) is 0 Å². The SMILES string of the molecule is CCCCCCCCCCCCn1c(N)c(C(=O)NCCC2=CCCCC2)c2nc3ccccc3nc21. The van der Waals surface area contributed by atoms with E-state index >= 15 is 0 Å². The third-order valence-electron chi connectivity index (χ3n) is 7.67. The summed E-state index contributed by atoms with van der Waals surface area (Å²) in [6, 6.07) is 7.82. The Balaban J connectivity index is 1.41. The molecule has 0 bridgehead atoms. The van der Waals surface area contributed by atoms with Gasteiger partial charge in [0.25, 0.3) is 5.91 Å². The molecule has 3 N–H and O–H groups in total. The topological polar surface area (TPSA) is 85.8 Å². The van der Waals surface area contributed by atoms with Gasteiger partial charge in [-0.15, -0.1) is 0 Å². The number of aromatic nitrogens is 3. The Morgan fingerprint density at radius 1 is 0.946 bits per heavy atom. The molecule has 0 fully saturated rings. The fraction of sp³-hybridized carbons (Fsp3) is 0.581. The number of benzene rings is 1. The number of carbonyl (C=O) groups is 1. The molecule has 3 aromatic rings. The maximum Gasteiger partial charge on any atom is 0.257 e. The highest BCUT2D eigenvalue weighted by atomic mass is 16.1. The Hall–Kier alpha value is -2.89. The number of aryl methyl sites for hydroxylation is 1. The monoisotopic (exact) mass is 503 g/mol. The number of nitrogen functional groups attached to an aromatic ring is 1. The number of fused-ring (bicyclic) bond motifs is 2. The maximum atomic E-state index is 13.3. The van der Waals surface area contributed by atoms with Gasteiger partial charge in [0, 0.05) is 13.1 Å². The van der Waals surface area contributed by atoms with Gasteiger partial charge >= 0.3 is 0 Å². The molecule has 0 radical (unpaired) electrons. The highest BCUT2D eigenvalue weighted by molar-refractivity contribution is 6.10. The third kappa shape index (κ3) is 7.33. The summed E-state index contributed by atoms with van der Waals surface area (Å²) >= 11 is 0. The van der Waals surface area contributed by atoms with Crippen molar-refractivity contribution in [3.8, 4) is 0 Å². The number of nitrogens with two attached hydrogens (primary N) is 1. The molecular weight excluding hydrogens is 458 g/mol. The Labute approximate surface area is 222 Å². The summed E-state index contributed by atoms with van der Waals surface area (Å²) in [6.07, 6.45) is 20.9. The average Bonchev–Trinajstić information content (AvgIpc) is 3.19. The zero-order chi connectivity index (χ0) is 25.9. The van der Waals surface area contributed by atoms with E-state index in [1.807, 2.05) is 28.8 Å². The lowest BCUT2D eigenvalue weighted by molar-refractivity contribution is 0.0956. The van der Waals surface area contributed by atoms with Crippen molar-refractivity contribution in [2.75, 3.05) is 12.3 Å². The molecule has 0 spiro atoms. The van der Waals surface area contributed by atoms with Crippen LogP contribution in [0.4, 0.5) is 5.82 Å². The molecule has 2 aromatic heterocycles. The number of para-hydroxylation sites is 2. The van der Waals surface area contributed by atoms with E-state index in [0.717, 1.165) is 49.7 Å². The van der Waals surface area contributed by atoms with Crippen LogP contribution in [-0.2, 0) is 6.54 Å². The summed E-state index contributed by atoms with van der Waals surface area (Å²) < 4.78 is 2.01. The van der Waals surface area contributed by atoms with Crippen molar-refractivity contribution in [1.82, 2.24) is 19.9 Å². The lowest BCUT2D eigenvalue weighted by Crippen LogP contribution is -2.26. The van der Waals surface area contributed by atoms with Gasteiger partial charge < -0.3 is 15.6 Å². The van der Waals surface area contributed by atoms with E-state index < -0.39 is 0 Å². The van der Waals surface area contributed by atoms with Gasteiger partial charge in [-0.3, -0.25) is 4.79 Å². The van der Waals surface area contributed by atoms with Crippen molar-refractivity contribution in [3.63, 3.8) is 0 Å². The molecule has 0 saturated carbocycles. The predicted octanol–water partition coefficient (Wildman–Crippen LogP) is 7.71. The van der Waals surface area contributed by atoms with Gasteiger partial charge in [0.15, 0.2) is 5.65 Å². The maximum absolute atomic E-state index is 13.3. The average molecular weight is 504 g/mol. The van der Waals surface area contributed by atoms with Gasteiger partial charge in [0.05, 0.1) is 11.0 Å². The third-order valence-corrected chi connectivity index (χ3v) is 7.67. The second-order valence-electron chi connectivity index (χ2n) is 10.6. The van der Waals surface area contributed by atoms with E-state index in [1.54, 1.807) is 0 Å². The van der Waals surface area contributed by atoms with Gasteiger partial charge in [-0.05, 0) is 50.7 Å². The van der Waals surface area contributed by atoms with Crippen LogP contribution < -0.4 is 11.1 Å². The van der Waals surface area contributed by atoms with Gasteiger partial charge in [-0.2, -0.15) is 0 Å². The molecule has 6 heteroatoms. The van der Waals surface area contributed by atoms with Crippen LogP contribution in [0.25, 0.3) is 22.2 Å². The Morgan fingerprint density at radius 3 is 2.30 bits per heavy atom. The van der Waals surface area contributed by atoms with Gasteiger partial charge in [0.1, 0.15) is 16.9 Å². The van der Waals surface area contributed by atoms with Crippen LogP contribution >= 0.6 is 0 Å². The van der Waals surface area contributed by atoms with Crippen molar-refractivity contribution >= 4 is 33.9 Å². The summed E-state index contributed by atoms with van der Waals surface area (Å²) in [5, 5.41) is 3.11. The molecule has 1 amide bonds. The minimum atomic E-state index is -0.148. The summed E-state index contributed by atoms with van der Waals surface area (Å²) in [7, 11) is 0. The first-order valence-corrected chi connectivity index (χ1v) is 14.7. The number of anilines is 1. The number of nitrogens with one attached hydrogen (secondary N) is 1. The Bertz CT molecular complexity index is 1200. The molecule has 0 aliphatic heterocycles. The molecule has 1 aliphatic carbocycles. The van der Waals surface area contributed by atoms with E-state index in [4.69, 9.17) is 15.7 Å². The zero-order valence-corrected chi connectivity index (χ0v) is 22.7. The number of hydrogen-bond acceptors (Lipinski definition) is 4. The lowest BCUT2D eigenvalue weighted by Gasteiger charge is -2.13. The smallest absolute Gasteiger partial charge is 0.257 e. The van der Waals surface area contributed by atoms with Gasteiger partial charge in [-0.25, -0.2) is 9.97 Å². The number of amides is 1. The molecule has 2 heterocycles. The molecule has 0 atom stereocenters. The number of hydrogen-bond donors (Lipinski definition) is 2. The zero-order valence-electron chi connectivity index (χ0n) is 22.7. The standard InChI is InChI=1S/C31H45N5O/c1-2-3-4-5-6-7-8-9-10-16-23-36-29(32)27(31(37)33-22-21-24-17-12-11-13-18-24)28-30(36)35-26-20-15-14-19-25(26)34-28/h14-15,17,19-20H,2-13,16,18,21-23,32H2,1H3,(H,33,37). The number of allylic oxidation sites excluding steroid dienone is 1. The number of unbranched alkanes of at least 4 members (excludes halogenated alkanes) is 9. The molecule has 1 aliphatic rings. The minimum Gasteiger partial charge on any atom is -0.384 e. The predicted molar refractivity (Wildman–Crippen MR) is 155 cm³/mol. The molecule has 6 nitrogen and oxygen atoms in total. The summed E-state index contributed by atoms with van der Waals surface area (Å²) in [6.45, 7) is 3.64. The van der Waals surface area contributed by atoms with Crippen LogP contribution in [0.15, 0.2) is 35.9 Å². The molecule has 37 heavy (non-hydrogen) atoms. The van der Waals surface area contributed by atoms with Crippen molar-refractivity contribution in [1.29, 1.82) is 0 Å². The summed E-state index contributed by atoms with van der Waals surface area (Å²) in [4.78, 5) is 23.1. The van der Waals surface area contributed by atoms with Crippen molar-refractivity contribution in [2.45, 2.75) is 110 Å². The fourth-order valence-corrected chi connectivity index (χ4v) is 5.48. The molecule has 1 aromatic carbocycles. The van der Waals surface area contributed by atoms with Crippen LogP contribution in [0.5, 0.6) is 0 Å². The second-order valence-corrected chi connectivity index (χ2v) is 10.6. The molecule has 200 valence electrons. The summed E-state index contributed by atoms with van der Waals surface area (Å²) in [5.74, 6) is 0.334. The van der Waals surface area contributed by atoms with Crippen LogP contribution in [0.1, 0.15) is 114 Å². The minimum absolute atomic E-state index is 0.148. The first-order valence-electron chi connectivity index (χ1n) is 14.7. The normalized spacial score (nSPS) is 13.8. The van der Waals surface area contributed by atoms with E-state index in [2.05, 4.69) is 18.3 Å². The highest BCUT2D eigenvalue weighted by Gasteiger charge is 2.23. The lowest BCUT2D eigenvalue weighted by atomic mass is 9.97. The quantitative estimate of drug-likeness (QED) is 0.164. The van der Waals surface area contributed by atoms with Crippen LogP contribution in [0.3, 0.4) is 0 Å². The van der Waals surface area contributed by atoms with E-state index in [1.165, 1.54) is 69.8 Å². The Morgan fingerprint density at radius 2 is 1.62 bits per heavy atom. The van der Waals surface area contributed by atoms with E-state index in [9.17, 15) is 4.79 Å². The van der Waals surface area contributed by atoms with Crippen LogP contribution in [0, 0.1) is 0 Å². The largest absolute Gasteiger partial charge is 0.384 e. The fourth-order valence-electron chi connectivity index (χ4n) is 5.48. The molecule has 0 unspecified atom stereocenters. The molecule has 4 rings (SSSR count). The highest BCUT2D eigenvalue weighted by Crippen LogP contribution is 2.29. The van der Waals surface area contributed by atoms with Crippen LogP contribution in [0.2, 0.25) is 0 Å². The Kier molecular flexibility index (Phi) is 10.4. The molecular formula is C31H45N5O. The first kappa shape index (κ1) is 27.2. The number of carbonyl (C=O) groups excluding carboxylic acids is 1.